The number of rotatable bonds is 4. The van der Waals surface area contributed by atoms with Gasteiger partial charge in [-0.05, 0) is 58.8 Å². The molecule has 0 saturated heterocycles. The lowest BCUT2D eigenvalue weighted by atomic mass is 10.1. The van der Waals surface area contributed by atoms with Crippen LogP contribution in [0, 0.1) is 11.8 Å². The Hall–Kier alpha value is 0.0900. The Morgan fingerprint density at radius 3 is 2.63 bits per heavy atom. The van der Waals surface area contributed by atoms with Crippen LogP contribution in [0.4, 0.5) is 0 Å². The van der Waals surface area contributed by atoms with Crippen LogP contribution < -0.4 is 4.72 Å². The molecule has 106 valence electrons. The Morgan fingerprint density at radius 1 is 1.32 bits per heavy atom. The monoisotopic (exact) mass is 409 g/mol. The highest BCUT2D eigenvalue weighted by molar-refractivity contribution is 9.11. The summed E-state index contributed by atoms with van der Waals surface area (Å²) >= 11 is 6.61. The molecule has 1 aliphatic carbocycles. The Labute approximate surface area is 131 Å². The summed E-state index contributed by atoms with van der Waals surface area (Å²) < 4.78 is 28.6. The molecule has 3 nitrogen and oxygen atoms in total. The quantitative estimate of drug-likeness (QED) is 0.817. The Bertz CT molecular complexity index is 560. The van der Waals surface area contributed by atoms with Gasteiger partial charge in [0.1, 0.15) is 0 Å². The molecule has 1 aromatic rings. The molecule has 19 heavy (non-hydrogen) atoms. The highest BCUT2D eigenvalue weighted by Crippen LogP contribution is 2.30. The van der Waals surface area contributed by atoms with Crippen molar-refractivity contribution in [2.45, 2.75) is 31.1 Å². The average Bonchev–Trinajstić information content (AvgIpc) is 2.72. The predicted octanol–water partition coefficient (Wildman–Crippen LogP) is 3.93. The zero-order chi connectivity index (χ0) is 14.0. The van der Waals surface area contributed by atoms with E-state index in [0.717, 1.165) is 17.3 Å². The Morgan fingerprint density at radius 2 is 2.05 bits per heavy atom. The molecular weight excluding hydrogens is 394 g/mol. The summed E-state index contributed by atoms with van der Waals surface area (Å²) in [6, 6.07) is 5.08. The first kappa shape index (κ1) is 15.5. The second kappa shape index (κ2) is 6.24. The van der Waals surface area contributed by atoms with Crippen molar-refractivity contribution in [3.05, 3.63) is 27.1 Å². The van der Waals surface area contributed by atoms with Crippen LogP contribution in [0.2, 0.25) is 0 Å². The van der Waals surface area contributed by atoms with E-state index in [1.165, 1.54) is 6.42 Å². The fourth-order valence-electron chi connectivity index (χ4n) is 2.51. The molecule has 0 aromatic heterocycles. The zero-order valence-corrected chi connectivity index (χ0v) is 14.7. The molecule has 1 N–H and O–H groups in total. The van der Waals surface area contributed by atoms with Crippen LogP contribution in [-0.4, -0.2) is 15.0 Å². The molecule has 0 heterocycles. The first-order valence-corrected chi connectivity index (χ1v) is 9.40. The van der Waals surface area contributed by atoms with Gasteiger partial charge in [0, 0.05) is 15.5 Å². The largest absolute Gasteiger partial charge is 0.241 e. The van der Waals surface area contributed by atoms with Crippen molar-refractivity contribution in [1.82, 2.24) is 4.72 Å². The maximum Gasteiger partial charge on any atom is 0.241 e. The van der Waals surface area contributed by atoms with Crippen molar-refractivity contribution in [1.29, 1.82) is 0 Å². The molecule has 1 fully saturated rings. The van der Waals surface area contributed by atoms with Crippen molar-refractivity contribution in [2.75, 3.05) is 6.54 Å². The molecule has 0 amide bonds. The van der Waals surface area contributed by atoms with Gasteiger partial charge < -0.3 is 0 Å². The summed E-state index contributed by atoms with van der Waals surface area (Å²) in [4.78, 5) is 0.293. The minimum atomic E-state index is -3.43. The highest BCUT2D eigenvalue weighted by atomic mass is 79.9. The highest BCUT2D eigenvalue weighted by Gasteiger charge is 2.24. The third kappa shape index (κ3) is 4.03. The lowest BCUT2D eigenvalue weighted by molar-refractivity contribution is 0.498. The lowest BCUT2D eigenvalue weighted by Gasteiger charge is -2.12. The molecule has 6 heteroatoms. The van der Waals surface area contributed by atoms with E-state index in [0.29, 0.717) is 27.7 Å². The van der Waals surface area contributed by atoms with E-state index >= 15 is 0 Å². The van der Waals surface area contributed by atoms with Crippen LogP contribution in [0.3, 0.4) is 0 Å². The molecule has 0 spiro atoms. The van der Waals surface area contributed by atoms with Crippen LogP contribution >= 0.6 is 31.9 Å². The molecule has 2 unspecified atom stereocenters. The van der Waals surface area contributed by atoms with Crippen molar-refractivity contribution >= 4 is 41.9 Å². The average molecular weight is 411 g/mol. The molecule has 1 saturated carbocycles. The number of benzene rings is 1. The van der Waals surface area contributed by atoms with Crippen LogP contribution in [0.15, 0.2) is 32.0 Å². The van der Waals surface area contributed by atoms with E-state index in [2.05, 4.69) is 43.5 Å². The van der Waals surface area contributed by atoms with Crippen LogP contribution in [0.1, 0.15) is 26.2 Å². The predicted molar refractivity (Wildman–Crippen MR) is 83.5 cm³/mol. The molecule has 0 bridgehead atoms. The van der Waals surface area contributed by atoms with Gasteiger partial charge in [-0.2, -0.15) is 0 Å². The fourth-order valence-corrected chi connectivity index (χ4v) is 5.37. The van der Waals surface area contributed by atoms with Gasteiger partial charge in [-0.1, -0.05) is 29.3 Å². The topological polar surface area (TPSA) is 46.2 Å². The summed E-state index contributed by atoms with van der Waals surface area (Å²) in [6.45, 7) is 2.76. The molecule has 0 radical (unpaired) electrons. The Balaban J connectivity index is 2.06. The minimum Gasteiger partial charge on any atom is -0.211 e. The second-order valence-electron chi connectivity index (χ2n) is 5.21. The maximum absolute atomic E-state index is 12.2. The number of sulfonamides is 1. The van der Waals surface area contributed by atoms with Gasteiger partial charge in [-0.15, -0.1) is 0 Å². The van der Waals surface area contributed by atoms with Crippen LogP contribution in [-0.2, 0) is 10.0 Å². The number of hydrogen-bond donors (Lipinski definition) is 1. The third-order valence-electron chi connectivity index (χ3n) is 3.55. The van der Waals surface area contributed by atoms with Crippen LogP contribution in [0.25, 0.3) is 0 Å². The summed E-state index contributed by atoms with van der Waals surface area (Å²) in [6.07, 6.45) is 3.43. The zero-order valence-electron chi connectivity index (χ0n) is 10.7. The molecular formula is C13H17Br2NO2S. The standard InChI is InChI=1S/C13H17Br2NO2S/c1-9-2-3-10(6-9)8-16-19(17,18)13-5-4-11(14)7-12(13)15/h4-5,7,9-10,16H,2-3,6,8H2,1H3. The van der Waals surface area contributed by atoms with E-state index in [1.807, 2.05) is 0 Å². The van der Waals surface area contributed by atoms with E-state index in [9.17, 15) is 8.42 Å². The maximum atomic E-state index is 12.2. The van der Waals surface area contributed by atoms with E-state index < -0.39 is 10.0 Å². The van der Waals surface area contributed by atoms with E-state index in [1.54, 1.807) is 18.2 Å². The molecule has 1 aromatic carbocycles. The van der Waals surface area contributed by atoms with Gasteiger partial charge in [-0.3, -0.25) is 0 Å². The molecule has 2 atom stereocenters. The second-order valence-corrected chi connectivity index (χ2v) is 8.72. The van der Waals surface area contributed by atoms with Crippen molar-refractivity contribution < 1.29 is 8.42 Å². The molecule has 1 aliphatic rings. The van der Waals surface area contributed by atoms with E-state index in [-0.39, 0.29) is 0 Å². The van der Waals surface area contributed by atoms with Gasteiger partial charge in [-0.25, -0.2) is 13.1 Å². The van der Waals surface area contributed by atoms with Gasteiger partial charge in [0.25, 0.3) is 0 Å². The summed E-state index contributed by atoms with van der Waals surface area (Å²) in [5, 5.41) is 0. The summed E-state index contributed by atoms with van der Waals surface area (Å²) in [5.74, 6) is 1.19. The third-order valence-corrected chi connectivity index (χ3v) is 6.44. The minimum absolute atomic E-state index is 0.293. The fraction of sp³-hybridized carbons (Fsp3) is 0.538. The van der Waals surface area contributed by atoms with Crippen molar-refractivity contribution in [2.24, 2.45) is 11.8 Å². The number of hydrogen-bond acceptors (Lipinski definition) is 2. The summed E-state index contributed by atoms with van der Waals surface area (Å²) in [5.41, 5.74) is 0. The normalized spacial score (nSPS) is 23.7. The number of nitrogens with one attached hydrogen (secondary N) is 1. The number of halogens is 2. The van der Waals surface area contributed by atoms with Gasteiger partial charge in [0.05, 0.1) is 4.90 Å². The van der Waals surface area contributed by atoms with Crippen LogP contribution in [0.5, 0.6) is 0 Å². The molecule has 2 rings (SSSR count). The SMILES string of the molecule is CC1CCC(CNS(=O)(=O)c2ccc(Br)cc2Br)C1. The smallest absolute Gasteiger partial charge is 0.211 e. The van der Waals surface area contributed by atoms with Crippen molar-refractivity contribution in [3.8, 4) is 0 Å². The van der Waals surface area contributed by atoms with Gasteiger partial charge in [0.2, 0.25) is 10.0 Å². The van der Waals surface area contributed by atoms with Crippen molar-refractivity contribution in [3.63, 3.8) is 0 Å². The molecule has 0 aliphatic heterocycles. The van der Waals surface area contributed by atoms with Gasteiger partial charge in [0.15, 0.2) is 0 Å². The first-order valence-electron chi connectivity index (χ1n) is 6.33. The Kier molecular flexibility index (Phi) is 5.09. The summed E-state index contributed by atoms with van der Waals surface area (Å²) in [7, 11) is -3.43. The van der Waals surface area contributed by atoms with E-state index in [4.69, 9.17) is 0 Å². The first-order chi connectivity index (χ1) is 8.88. The lowest BCUT2D eigenvalue weighted by Crippen LogP contribution is -2.28. The van der Waals surface area contributed by atoms with Gasteiger partial charge >= 0.3 is 0 Å².